The number of pyridine rings is 1. The van der Waals surface area contributed by atoms with Crippen LogP contribution in [0.15, 0.2) is 89.8 Å². The van der Waals surface area contributed by atoms with E-state index < -0.39 is 16.0 Å². The third-order valence-electron chi connectivity index (χ3n) is 5.36. The van der Waals surface area contributed by atoms with Gasteiger partial charge in [0.1, 0.15) is 5.75 Å². The Morgan fingerprint density at radius 2 is 1.55 bits per heavy atom. The van der Waals surface area contributed by atoms with Crippen LogP contribution in [-0.2, 0) is 10.0 Å². The molecule has 0 aliphatic carbocycles. The van der Waals surface area contributed by atoms with Gasteiger partial charge in [0.25, 0.3) is 10.0 Å². The number of sulfonamides is 1. The molecule has 0 atom stereocenters. The quantitative estimate of drug-likeness (QED) is 0.284. The molecule has 0 fully saturated rings. The molecular weight excluding hydrogens is 436 g/mol. The van der Waals surface area contributed by atoms with Gasteiger partial charge in [-0.2, -0.15) is 0 Å². The summed E-state index contributed by atoms with van der Waals surface area (Å²) in [5.74, 6) is -0.0164. The highest BCUT2D eigenvalue weighted by Gasteiger charge is 2.21. The number of hydrogen-bond acceptors (Lipinski definition) is 5. The van der Waals surface area contributed by atoms with E-state index in [9.17, 15) is 13.2 Å². The van der Waals surface area contributed by atoms with Crippen LogP contribution in [0.4, 0.5) is 5.69 Å². The minimum Gasteiger partial charge on any atom is -0.423 e. The summed E-state index contributed by atoms with van der Waals surface area (Å²) in [6.45, 7) is 4.04. The number of benzene rings is 3. The van der Waals surface area contributed by atoms with Crippen LogP contribution in [0.1, 0.15) is 35.8 Å². The standard InChI is InChI=1S/C26H24N2O4S/c1-18(2)25-17-23(22-11-7-8-12-24(22)27-25)26(29)32-20-15-13-19(14-16-20)28(3)33(30,31)21-9-5-4-6-10-21/h4-18H,1-3H3. The van der Waals surface area contributed by atoms with Crippen molar-refractivity contribution >= 4 is 32.6 Å². The number of aromatic nitrogens is 1. The Hall–Kier alpha value is -3.71. The van der Waals surface area contributed by atoms with Gasteiger partial charge in [0, 0.05) is 18.1 Å². The molecule has 7 heteroatoms. The van der Waals surface area contributed by atoms with Crippen LogP contribution >= 0.6 is 0 Å². The molecule has 1 aromatic heterocycles. The Kier molecular flexibility index (Phi) is 6.16. The second-order valence-corrected chi connectivity index (χ2v) is 9.90. The van der Waals surface area contributed by atoms with Crippen LogP contribution in [0.25, 0.3) is 10.9 Å². The molecule has 168 valence electrons. The van der Waals surface area contributed by atoms with E-state index in [2.05, 4.69) is 4.98 Å². The van der Waals surface area contributed by atoms with Crippen molar-refractivity contribution in [3.8, 4) is 5.75 Å². The van der Waals surface area contributed by atoms with Gasteiger partial charge >= 0.3 is 5.97 Å². The maximum absolute atomic E-state index is 13.0. The maximum Gasteiger partial charge on any atom is 0.344 e. The van der Waals surface area contributed by atoms with E-state index in [1.54, 1.807) is 60.7 Å². The van der Waals surface area contributed by atoms with Crippen LogP contribution in [0.3, 0.4) is 0 Å². The first-order valence-corrected chi connectivity index (χ1v) is 12.0. The molecule has 0 saturated carbocycles. The number of para-hydroxylation sites is 1. The van der Waals surface area contributed by atoms with Gasteiger partial charge in [-0.1, -0.05) is 50.2 Å². The average molecular weight is 461 g/mol. The molecule has 4 rings (SSSR count). The van der Waals surface area contributed by atoms with Crippen LogP contribution in [-0.4, -0.2) is 26.4 Å². The summed E-state index contributed by atoms with van der Waals surface area (Å²) in [5.41, 5.74) is 2.44. The Bertz CT molecular complexity index is 1400. The lowest BCUT2D eigenvalue weighted by molar-refractivity contribution is 0.0736. The van der Waals surface area contributed by atoms with Gasteiger partial charge in [-0.25, -0.2) is 13.2 Å². The molecule has 0 saturated heterocycles. The molecule has 0 aliphatic rings. The minimum atomic E-state index is -3.69. The zero-order valence-corrected chi connectivity index (χ0v) is 19.4. The predicted octanol–water partition coefficient (Wildman–Crippen LogP) is 5.40. The molecule has 3 aromatic carbocycles. The third-order valence-corrected chi connectivity index (χ3v) is 7.16. The molecule has 0 aliphatic heterocycles. The summed E-state index contributed by atoms with van der Waals surface area (Å²) in [6.07, 6.45) is 0. The number of anilines is 1. The van der Waals surface area contributed by atoms with Gasteiger partial charge in [0.05, 0.1) is 21.7 Å². The fraction of sp³-hybridized carbons (Fsp3) is 0.154. The van der Waals surface area contributed by atoms with Gasteiger partial charge in [0.15, 0.2) is 0 Å². The highest BCUT2D eigenvalue weighted by Crippen LogP contribution is 2.27. The Balaban J connectivity index is 1.58. The van der Waals surface area contributed by atoms with E-state index in [-0.39, 0.29) is 10.8 Å². The predicted molar refractivity (Wildman–Crippen MR) is 129 cm³/mol. The molecule has 0 N–H and O–H groups in total. The van der Waals surface area contributed by atoms with Gasteiger partial charge in [-0.15, -0.1) is 0 Å². The Morgan fingerprint density at radius 3 is 2.21 bits per heavy atom. The van der Waals surface area contributed by atoms with Crippen molar-refractivity contribution in [3.05, 3.63) is 96.2 Å². The van der Waals surface area contributed by atoms with E-state index >= 15 is 0 Å². The second kappa shape index (κ2) is 9.03. The van der Waals surface area contributed by atoms with Crippen molar-refractivity contribution in [1.29, 1.82) is 0 Å². The van der Waals surface area contributed by atoms with Crippen molar-refractivity contribution in [2.24, 2.45) is 0 Å². The summed E-state index contributed by atoms with van der Waals surface area (Å²) in [4.78, 5) is 17.8. The van der Waals surface area contributed by atoms with Gasteiger partial charge in [-0.3, -0.25) is 9.29 Å². The zero-order valence-electron chi connectivity index (χ0n) is 18.6. The van der Waals surface area contributed by atoms with Crippen molar-refractivity contribution in [2.75, 3.05) is 11.4 Å². The monoisotopic (exact) mass is 460 g/mol. The van der Waals surface area contributed by atoms with Crippen LogP contribution in [0.5, 0.6) is 5.75 Å². The fourth-order valence-electron chi connectivity index (χ4n) is 3.44. The number of carbonyl (C=O) groups excluding carboxylic acids is 1. The highest BCUT2D eigenvalue weighted by atomic mass is 32.2. The topological polar surface area (TPSA) is 76.6 Å². The summed E-state index contributed by atoms with van der Waals surface area (Å²) < 4.78 is 32.5. The molecule has 0 spiro atoms. The van der Waals surface area contributed by atoms with E-state index in [1.165, 1.54) is 11.4 Å². The highest BCUT2D eigenvalue weighted by molar-refractivity contribution is 7.92. The smallest absolute Gasteiger partial charge is 0.344 e. The van der Waals surface area contributed by atoms with E-state index in [1.807, 2.05) is 38.1 Å². The fourth-order valence-corrected chi connectivity index (χ4v) is 4.65. The summed E-state index contributed by atoms with van der Waals surface area (Å²) in [6, 6.07) is 23.8. The molecule has 0 amide bonds. The second-order valence-electron chi connectivity index (χ2n) is 7.94. The lowest BCUT2D eigenvalue weighted by Gasteiger charge is -2.19. The first-order valence-electron chi connectivity index (χ1n) is 10.5. The number of carbonyl (C=O) groups is 1. The molecule has 0 unspecified atom stereocenters. The minimum absolute atomic E-state index is 0.155. The van der Waals surface area contributed by atoms with Crippen molar-refractivity contribution in [1.82, 2.24) is 4.98 Å². The van der Waals surface area contributed by atoms with Crippen LogP contribution in [0.2, 0.25) is 0 Å². The van der Waals surface area contributed by atoms with Crippen molar-refractivity contribution < 1.29 is 17.9 Å². The molecule has 33 heavy (non-hydrogen) atoms. The summed E-state index contributed by atoms with van der Waals surface area (Å²) in [5, 5.41) is 0.720. The van der Waals surface area contributed by atoms with Gasteiger partial charge in [0.2, 0.25) is 0 Å². The Labute approximate surface area is 193 Å². The number of fused-ring (bicyclic) bond motifs is 1. The first kappa shape index (κ1) is 22.5. The lowest BCUT2D eigenvalue weighted by atomic mass is 10.0. The maximum atomic E-state index is 13.0. The third kappa shape index (κ3) is 4.59. The number of nitrogens with zero attached hydrogens (tertiary/aromatic N) is 2. The number of rotatable bonds is 6. The summed E-state index contributed by atoms with van der Waals surface area (Å²) >= 11 is 0. The first-order chi connectivity index (χ1) is 15.8. The zero-order chi connectivity index (χ0) is 23.6. The number of esters is 1. The van der Waals surface area contributed by atoms with Crippen molar-refractivity contribution in [3.63, 3.8) is 0 Å². The van der Waals surface area contributed by atoms with E-state index in [0.717, 1.165) is 16.6 Å². The molecular formula is C26H24N2O4S. The average Bonchev–Trinajstić information content (AvgIpc) is 2.83. The molecule has 0 radical (unpaired) electrons. The number of hydrogen-bond donors (Lipinski definition) is 0. The number of ether oxygens (including phenoxy) is 1. The van der Waals surface area contributed by atoms with Crippen LogP contribution in [0, 0.1) is 0 Å². The lowest BCUT2D eigenvalue weighted by Crippen LogP contribution is -2.26. The molecule has 0 bridgehead atoms. The van der Waals surface area contributed by atoms with Gasteiger partial charge < -0.3 is 4.74 Å². The Morgan fingerprint density at radius 1 is 0.909 bits per heavy atom. The summed E-state index contributed by atoms with van der Waals surface area (Å²) in [7, 11) is -2.20. The van der Waals surface area contributed by atoms with E-state index in [0.29, 0.717) is 17.0 Å². The van der Waals surface area contributed by atoms with Gasteiger partial charge in [-0.05, 0) is 54.4 Å². The van der Waals surface area contributed by atoms with E-state index in [4.69, 9.17) is 4.74 Å². The molecule has 1 heterocycles. The largest absolute Gasteiger partial charge is 0.423 e. The molecule has 6 nitrogen and oxygen atoms in total. The normalized spacial score (nSPS) is 11.5. The molecule has 4 aromatic rings. The van der Waals surface area contributed by atoms with Crippen LogP contribution < -0.4 is 9.04 Å². The SMILES string of the molecule is CC(C)c1cc(C(=O)Oc2ccc(N(C)S(=O)(=O)c3ccccc3)cc2)c2ccccc2n1. The van der Waals surface area contributed by atoms with Crippen molar-refractivity contribution in [2.45, 2.75) is 24.7 Å².